The van der Waals surface area contributed by atoms with Gasteiger partial charge >= 0.3 is 0 Å². The number of allylic oxidation sites excluding steroid dienone is 1. The van der Waals surface area contributed by atoms with Crippen LogP contribution in [0.3, 0.4) is 0 Å². The third kappa shape index (κ3) is 7.62. The summed E-state index contributed by atoms with van der Waals surface area (Å²) in [5, 5.41) is 10.2. The SMILES string of the molecule is C=CCC[C@H](O)CN(CCC(C)C)Cc1cccc(OC)c1. The van der Waals surface area contributed by atoms with E-state index < -0.39 is 0 Å². The zero-order chi connectivity index (χ0) is 16.4. The first kappa shape index (κ1) is 18.7. The number of aliphatic hydroxyl groups is 1. The number of aliphatic hydroxyl groups excluding tert-OH is 1. The topological polar surface area (TPSA) is 32.7 Å². The first-order valence-corrected chi connectivity index (χ1v) is 8.19. The highest BCUT2D eigenvalue weighted by atomic mass is 16.5. The third-order valence-corrected chi connectivity index (χ3v) is 3.74. The lowest BCUT2D eigenvalue weighted by atomic mass is 10.1. The Balaban J connectivity index is 2.64. The number of benzene rings is 1. The van der Waals surface area contributed by atoms with E-state index in [0.29, 0.717) is 12.5 Å². The van der Waals surface area contributed by atoms with Crippen molar-refractivity contribution in [3.8, 4) is 5.75 Å². The summed E-state index contributed by atoms with van der Waals surface area (Å²) in [5.74, 6) is 1.55. The highest BCUT2D eigenvalue weighted by Crippen LogP contribution is 2.16. The first-order chi connectivity index (χ1) is 10.5. The maximum Gasteiger partial charge on any atom is 0.119 e. The van der Waals surface area contributed by atoms with Crippen LogP contribution in [0.1, 0.15) is 38.7 Å². The predicted octanol–water partition coefficient (Wildman–Crippen LogP) is 3.87. The molecule has 0 saturated heterocycles. The monoisotopic (exact) mass is 305 g/mol. The van der Waals surface area contributed by atoms with Crippen LogP contribution in [-0.2, 0) is 6.54 Å². The first-order valence-electron chi connectivity index (χ1n) is 8.19. The van der Waals surface area contributed by atoms with Crippen LogP contribution in [0, 0.1) is 5.92 Å². The van der Waals surface area contributed by atoms with Gasteiger partial charge in [0.15, 0.2) is 0 Å². The van der Waals surface area contributed by atoms with Crippen molar-refractivity contribution in [2.75, 3.05) is 20.2 Å². The van der Waals surface area contributed by atoms with Crippen molar-refractivity contribution >= 4 is 0 Å². The van der Waals surface area contributed by atoms with E-state index in [2.05, 4.69) is 37.5 Å². The Morgan fingerprint density at radius 3 is 2.73 bits per heavy atom. The highest BCUT2D eigenvalue weighted by Gasteiger charge is 2.13. The van der Waals surface area contributed by atoms with E-state index in [9.17, 15) is 5.11 Å². The second kappa shape index (κ2) is 10.4. The zero-order valence-corrected chi connectivity index (χ0v) is 14.3. The molecule has 0 radical (unpaired) electrons. The normalized spacial score (nSPS) is 12.6. The van der Waals surface area contributed by atoms with Crippen LogP contribution in [0.4, 0.5) is 0 Å². The minimum atomic E-state index is -0.296. The van der Waals surface area contributed by atoms with E-state index >= 15 is 0 Å². The van der Waals surface area contributed by atoms with E-state index in [1.807, 2.05) is 18.2 Å². The van der Waals surface area contributed by atoms with Gasteiger partial charge in [-0.25, -0.2) is 0 Å². The largest absolute Gasteiger partial charge is 0.497 e. The van der Waals surface area contributed by atoms with Gasteiger partial charge in [-0.05, 0) is 49.4 Å². The van der Waals surface area contributed by atoms with Gasteiger partial charge in [0.25, 0.3) is 0 Å². The fourth-order valence-corrected chi connectivity index (χ4v) is 2.40. The molecular formula is C19H31NO2. The maximum atomic E-state index is 10.2. The summed E-state index contributed by atoms with van der Waals surface area (Å²) in [4.78, 5) is 2.34. The van der Waals surface area contributed by atoms with Gasteiger partial charge in [0.2, 0.25) is 0 Å². The van der Waals surface area contributed by atoms with E-state index in [1.165, 1.54) is 5.56 Å². The second-order valence-electron chi connectivity index (χ2n) is 6.29. The fourth-order valence-electron chi connectivity index (χ4n) is 2.40. The minimum Gasteiger partial charge on any atom is -0.497 e. The van der Waals surface area contributed by atoms with Gasteiger partial charge in [0.1, 0.15) is 5.75 Å². The molecule has 1 atom stereocenters. The number of methoxy groups -OCH3 is 1. The molecule has 1 aromatic rings. The molecule has 0 aliphatic rings. The van der Waals surface area contributed by atoms with E-state index in [1.54, 1.807) is 7.11 Å². The molecule has 0 unspecified atom stereocenters. The van der Waals surface area contributed by atoms with Crippen molar-refractivity contribution in [3.05, 3.63) is 42.5 Å². The molecule has 0 saturated carbocycles. The van der Waals surface area contributed by atoms with E-state index in [4.69, 9.17) is 4.74 Å². The van der Waals surface area contributed by atoms with Gasteiger partial charge in [0, 0.05) is 13.1 Å². The Labute approximate surface area is 135 Å². The Morgan fingerprint density at radius 2 is 2.09 bits per heavy atom. The molecule has 1 aromatic carbocycles. The second-order valence-corrected chi connectivity index (χ2v) is 6.29. The molecule has 0 aromatic heterocycles. The minimum absolute atomic E-state index is 0.296. The highest BCUT2D eigenvalue weighted by molar-refractivity contribution is 5.28. The van der Waals surface area contributed by atoms with Gasteiger partial charge in [-0.3, -0.25) is 4.90 Å². The van der Waals surface area contributed by atoms with E-state index in [0.717, 1.165) is 38.1 Å². The van der Waals surface area contributed by atoms with Gasteiger partial charge in [-0.2, -0.15) is 0 Å². The summed E-state index contributed by atoms with van der Waals surface area (Å²) in [6.07, 6.45) is 4.34. The standard InChI is InChI=1S/C19H31NO2/c1-5-6-9-18(21)15-20(12-11-16(2)3)14-17-8-7-10-19(13-17)22-4/h5,7-8,10,13,16,18,21H,1,6,9,11-12,14-15H2,2-4H3/t18-/m0/s1. The van der Waals surface area contributed by atoms with Crippen molar-refractivity contribution in [1.82, 2.24) is 4.90 Å². The quantitative estimate of drug-likeness (QED) is 0.630. The van der Waals surface area contributed by atoms with Gasteiger partial charge in [-0.15, -0.1) is 6.58 Å². The van der Waals surface area contributed by atoms with Gasteiger partial charge < -0.3 is 9.84 Å². The molecule has 1 N–H and O–H groups in total. The molecule has 0 heterocycles. The molecule has 0 aliphatic heterocycles. The summed E-state index contributed by atoms with van der Waals surface area (Å²) in [7, 11) is 1.69. The summed E-state index contributed by atoms with van der Waals surface area (Å²) in [6.45, 7) is 10.7. The van der Waals surface area contributed by atoms with Crippen molar-refractivity contribution in [2.45, 2.75) is 45.8 Å². The number of nitrogens with zero attached hydrogens (tertiary/aromatic N) is 1. The summed E-state index contributed by atoms with van der Waals surface area (Å²) < 4.78 is 5.29. The molecule has 3 heteroatoms. The Bertz CT molecular complexity index is 431. The van der Waals surface area contributed by atoms with Crippen LogP contribution in [0.25, 0.3) is 0 Å². The van der Waals surface area contributed by atoms with Crippen LogP contribution in [-0.4, -0.2) is 36.3 Å². The zero-order valence-electron chi connectivity index (χ0n) is 14.3. The van der Waals surface area contributed by atoms with Crippen LogP contribution in [0.5, 0.6) is 5.75 Å². The lowest BCUT2D eigenvalue weighted by molar-refractivity contribution is 0.0994. The fraction of sp³-hybridized carbons (Fsp3) is 0.579. The van der Waals surface area contributed by atoms with Gasteiger partial charge in [0.05, 0.1) is 13.2 Å². The number of rotatable bonds is 11. The molecule has 0 bridgehead atoms. The van der Waals surface area contributed by atoms with E-state index in [-0.39, 0.29) is 6.10 Å². The van der Waals surface area contributed by atoms with Crippen LogP contribution < -0.4 is 4.74 Å². The Hall–Kier alpha value is -1.32. The smallest absolute Gasteiger partial charge is 0.119 e. The summed E-state index contributed by atoms with van der Waals surface area (Å²) >= 11 is 0. The Kier molecular flexibility index (Phi) is 8.86. The molecule has 3 nitrogen and oxygen atoms in total. The average molecular weight is 305 g/mol. The third-order valence-electron chi connectivity index (χ3n) is 3.74. The Morgan fingerprint density at radius 1 is 1.32 bits per heavy atom. The molecular weight excluding hydrogens is 274 g/mol. The molecule has 124 valence electrons. The lowest BCUT2D eigenvalue weighted by Gasteiger charge is -2.26. The molecule has 0 fully saturated rings. The summed E-state index contributed by atoms with van der Waals surface area (Å²) in [6, 6.07) is 8.16. The van der Waals surface area contributed by atoms with Gasteiger partial charge in [-0.1, -0.05) is 32.1 Å². The van der Waals surface area contributed by atoms with Crippen LogP contribution in [0.2, 0.25) is 0 Å². The lowest BCUT2D eigenvalue weighted by Crippen LogP contribution is -2.33. The number of hydrogen-bond acceptors (Lipinski definition) is 3. The number of hydrogen-bond donors (Lipinski definition) is 1. The number of ether oxygens (including phenoxy) is 1. The molecule has 1 rings (SSSR count). The van der Waals surface area contributed by atoms with Crippen LogP contribution in [0.15, 0.2) is 36.9 Å². The molecule has 0 spiro atoms. The molecule has 0 amide bonds. The predicted molar refractivity (Wildman–Crippen MR) is 93.2 cm³/mol. The molecule has 0 aliphatic carbocycles. The van der Waals surface area contributed by atoms with Crippen molar-refractivity contribution in [1.29, 1.82) is 0 Å². The van der Waals surface area contributed by atoms with Crippen molar-refractivity contribution < 1.29 is 9.84 Å². The average Bonchev–Trinajstić information content (AvgIpc) is 2.50. The maximum absolute atomic E-state index is 10.2. The summed E-state index contributed by atoms with van der Waals surface area (Å²) in [5.41, 5.74) is 1.22. The molecule has 22 heavy (non-hydrogen) atoms. The van der Waals surface area contributed by atoms with Crippen molar-refractivity contribution in [3.63, 3.8) is 0 Å². The van der Waals surface area contributed by atoms with Crippen molar-refractivity contribution in [2.24, 2.45) is 5.92 Å². The van der Waals surface area contributed by atoms with Crippen LogP contribution >= 0.6 is 0 Å².